The monoisotopic (exact) mass is 678 g/mol. The number of aromatic nitrogens is 1. The van der Waals surface area contributed by atoms with Crippen LogP contribution in [-0.2, 0) is 16.1 Å². The normalized spacial score (nSPS) is 14.4. The van der Waals surface area contributed by atoms with Crippen molar-refractivity contribution in [2.75, 3.05) is 19.8 Å². The van der Waals surface area contributed by atoms with Crippen LogP contribution in [0.2, 0.25) is 10.0 Å². The summed E-state index contributed by atoms with van der Waals surface area (Å²) >= 11 is 13.6. The molecule has 0 N–H and O–H groups in total. The highest BCUT2D eigenvalue weighted by atomic mass is 35.5. The van der Waals surface area contributed by atoms with Gasteiger partial charge in [-0.05, 0) is 74.4 Å². The van der Waals surface area contributed by atoms with Gasteiger partial charge in [0, 0.05) is 15.6 Å². The summed E-state index contributed by atoms with van der Waals surface area (Å²) in [6, 6.07) is 17.2. The predicted octanol–water partition coefficient (Wildman–Crippen LogP) is 6.65. The van der Waals surface area contributed by atoms with Gasteiger partial charge in [0.1, 0.15) is 19.0 Å². The van der Waals surface area contributed by atoms with Crippen LogP contribution in [0.15, 0.2) is 94.4 Å². The molecule has 0 radical (unpaired) electrons. The highest BCUT2D eigenvalue weighted by Gasteiger charge is 2.33. The summed E-state index contributed by atoms with van der Waals surface area (Å²) in [5.74, 6) is 1.17. The number of nitrogens with zero attached hydrogens (tertiary/aromatic N) is 2. The van der Waals surface area contributed by atoms with Gasteiger partial charge in [0.25, 0.3) is 5.56 Å². The number of rotatable bonds is 12. The van der Waals surface area contributed by atoms with E-state index < -0.39 is 12.0 Å². The molecule has 0 saturated carbocycles. The van der Waals surface area contributed by atoms with Gasteiger partial charge in [-0.1, -0.05) is 71.5 Å². The van der Waals surface area contributed by atoms with Crippen molar-refractivity contribution in [2.24, 2.45) is 4.99 Å². The number of fused-ring (bicyclic) bond motifs is 1. The number of carbonyl (C=O) groups excluding carboxylic acids is 1. The molecule has 0 unspecified atom stereocenters. The van der Waals surface area contributed by atoms with E-state index in [9.17, 15) is 9.59 Å². The Labute approximate surface area is 280 Å². The second-order valence-corrected chi connectivity index (χ2v) is 12.0. The zero-order valence-electron chi connectivity index (χ0n) is 25.5. The molecule has 2 heterocycles. The molecular formula is C35H32Cl2N2O6S. The number of thiazole rings is 1. The Morgan fingerprint density at radius 1 is 1.00 bits per heavy atom. The molecule has 5 rings (SSSR count). The van der Waals surface area contributed by atoms with E-state index in [1.165, 1.54) is 11.3 Å². The molecule has 0 aliphatic carbocycles. The first-order chi connectivity index (χ1) is 22.2. The first-order valence-corrected chi connectivity index (χ1v) is 16.2. The molecule has 11 heteroatoms. The van der Waals surface area contributed by atoms with Crippen LogP contribution in [0.1, 0.15) is 43.5 Å². The third kappa shape index (κ3) is 7.22. The quantitative estimate of drug-likeness (QED) is 0.123. The molecule has 1 atom stereocenters. The fraction of sp³-hybridized carbons (Fsp3) is 0.229. The number of halogens is 2. The Morgan fingerprint density at radius 2 is 1.78 bits per heavy atom. The zero-order chi connectivity index (χ0) is 32.8. The predicted molar refractivity (Wildman–Crippen MR) is 181 cm³/mol. The minimum absolute atomic E-state index is 0.190. The van der Waals surface area contributed by atoms with Crippen LogP contribution in [0.25, 0.3) is 6.08 Å². The van der Waals surface area contributed by atoms with Crippen molar-refractivity contribution >= 4 is 46.6 Å². The molecule has 8 nitrogen and oxygen atoms in total. The minimum Gasteiger partial charge on any atom is -0.490 e. The van der Waals surface area contributed by atoms with Gasteiger partial charge in [-0.25, -0.2) is 9.79 Å². The zero-order valence-corrected chi connectivity index (χ0v) is 27.9. The summed E-state index contributed by atoms with van der Waals surface area (Å²) in [5.41, 5.74) is 2.74. The second-order valence-electron chi connectivity index (χ2n) is 10.1. The standard InChI is InChI=1S/C35H32Cl2N2O6S/c1-5-16-44-26-13-10-23(11-14-26)32-31(34(41)43-7-3)21(4)38-35-39(32)33(40)30(46-35)18-22-8-15-28(29(17-22)42-6-2)45-20-24-9-12-25(36)19-27(24)37/h5,8-15,17-19,32H,1,6-7,16,20H2,2-4H3/b30-18-/t32-/m0/s1. The highest BCUT2D eigenvalue weighted by molar-refractivity contribution is 7.07. The molecule has 3 aromatic carbocycles. The Balaban J connectivity index is 1.53. The van der Waals surface area contributed by atoms with E-state index in [0.29, 0.717) is 61.1 Å². The molecule has 1 aliphatic heterocycles. The molecule has 0 amide bonds. The van der Waals surface area contributed by atoms with E-state index >= 15 is 0 Å². The lowest BCUT2D eigenvalue weighted by molar-refractivity contribution is -0.139. The highest BCUT2D eigenvalue weighted by Crippen LogP contribution is 2.33. The lowest BCUT2D eigenvalue weighted by Gasteiger charge is -2.24. The molecule has 46 heavy (non-hydrogen) atoms. The first-order valence-electron chi connectivity index (χ1n) is 14.6. The Kier molecular flexibility index (Phi) is 10.7. The van der Waals surface area contributed by atoms with Gasteiger partial charge in [-0.15, -0.1) is 0 Å². The number of allylic oxidation sites excluding steroid dienone is 1. The lowest BCUT2D eigenvalue weighted by Crippen LogP contribution is -2.39. The van der Waals surface area contributed by atoms with E-state index in [4.69, 9.17) is 42.1 Å². The number of esters is 1. The molecular weight excluding hydrogens is 647 g/mol. The van der Waals surface area contributed by atoms with E-state index in [-0.39, 0.29) is 18.8 Å². The molecule has 0 fully saturated rings. The maximum absolute atomic E-state index is 14.0. The summed E-state index contributed by atoms with van der Waals surface area (Å²) in [5, 5.41) is 1.05. The summed E-state index contributed by atoms with van der Waals surface area (Å²) in [6.07, 6.45) is 3.44. The van der Waals surface area contributed by atoms with E-state index in [1.54, 1.807) is 60.9 Å². The Hall–Kier alpha value is -4.31. The molecule has 0 saturated heterocycles. The maximum Gasteiger partial charge on any atom is 0.338 e. The van der Waals surface area contributed by atoms with Crippen molar-refractivity contribution < 1.29 is 23.7 Å². The van der Waals surface area contributed by atoms with Gasteiger partial charge in [-0.2, -0.15) is 0 Å². The molecule has 4 aromatic rings. The third-order valence-electron chi connectivity index (χ3n) is 7.04. The molecule has 0 bridgehead atoms. The summed E-state index contributed by atoms with van der Waals surface area (Å²) in [7, 11) is 0. The van der Waals surface area contributed by atoms with Crippen molar-refractivity contribution in [3.63, 3.8) is 0 Å². The van der Waals surface area contributed by atoms with Crippen LogP contribution in [0.4, 0.5) is 0 Å². The molecule has 1 aliphatic rings. The molecule has 0 spiro atoms. The van der Waals surface area contributed by atoms with Gasteiger partial charge < -0.3 is 18.9 Å². The van der Waals surface area contributed by atoms with Gasteiger partial charge >= 0.3 is 5.97 Å². The van der Waals surface area contributed by atoms with Crippen molar-refractivity contribution in [3.05, 3.63) is 131 Å². The minimum atomic E-state index is -0.736. The van der Waals surface area contributed by atoms with E-state index in [0.717, 1.165) is 16.7 Å². The number of ether oxygens (including phenoxy) is 4. The SMILES string of the molecule is C=CCOc1ccc([C@H]2C(C(=O)OCC)=C(C)N=c3s/c(=C\c4ccc(OCc5ccc(Cl)cc5Cl)c(OCC)c4)c(=O)n32)cc1. The second kappa shape index (κ2) is 14.9. The van der Waals surface area contributed by atoms with E-state index in [2.05, 4.69) is 11.6 Å². The van der Waals surface area contributed by atoms with Crippen molar-refractivity contribution in [2.45, 2.75) is 33.4 Å². The number of carbonyl (C=O) groups is 1. The van der Waals surface area contributed by atoms with Crippen LogP contribution in [0, 0.1) is 0 Å². The van der Waals surface area contributed by atoms with Crippen molar-refractivity contribution in [1.29, 1.82) is 0 Å². The largest absolute Gasteiger partial charge is 0.490 e. The summed E-state index contributed by atoms with van der Waals surface area (Å²) < 4.78 is 24.9. The molecule has 1 aromatic heterocycles. The Morgan fingerprint density at radius 3 is 2.48 bits per heavy atom. The molecule has 238 valence electrons. The van der Waals surface area contributed by atoms with Gasteiger partial charge in [0.2, 0.25) is 0 Å². The average molecular weight is 680 g/mol. The maximum atomic E-state index is 14.0. The van der Waals surface area contributed by atoms with Crippen molar-refractivity contribution in [1.82, 2.24) is 4.57 Å². The third-order valence-corrected chi connectivity index (χ3v) is 8.61. The number of hydrogen-bond donors (Lipinski definition) is 0. The number of benzene rings is 3. The number of hydrogen-bond acceptors (Lipinski definition) is 8. The topological polar surface area (TPSA) is 88.4 Å². The Bertz CT molecular complexity index is 1980. The fourth-order valence-electron chi connectivity index (χ4n) is 4.96. The van der Waals surface area contributed by atoms with Crippen LogP contribution in [0.3, 0.4) is 0 Å². The van der Waals surface area contributed by atoms with Crippen molar-refractivity contribution in [3.8, 4) is 17.2 Å². The lowest BCUT2D eigenvalue weighted by atomic mass is 9.96. The van der Waals surface area contributed by atoms with Crippen LogP contribution >= 0.6 is 34.5 Å². The smallest absolute Gasteiger partial charge is 0.338 e. The van der Waals surface area contributed by atoms with Gasteiger partial charge in [-0.3, -0.25) is 9.36 Å². The fourth-order valence-corrected chi connectivity index (χ4v) is 6.47. The first kappa shape index (κ1) is 33.1. The summed E-state index contributed by atoms with van der Waals surface area (Å²) in [6.45, 7) is 10.2. The van der Waals surface area contributed by atoms with E-state index in [1.807, 2.05) is 37.3 Å². The van der Waals surface area contributed by atoms with Crippen LogP contribution in [0.5, 0.6) is 17.2 Å². The van der Waals surface area contributed by atoms with Gasteiger partial charge in [0.05, 0.1) is 35.1 Å². The van der Waals surface area contributed by atoms with Crippen LogP contribution < -0.4 is 29.1 Å². The van der Waals surface area contributed by atoms with Crippen LogP contribution in [-0.4, -0.2) is 30.4 Å². The van der Waals surface area contributed by atoms with Gasteiger partial charge in [0.15, 0.2) is 16.3 Å². The summed E-state index contributed by atoms with van der Waals surface area (Å²) in [4.78, 5) is 32.4. The average Bonchev–Trinajstić information content (AvgIpc) is 3.33.